The van der Waals surface area contributed by atoms with Crippen LogP contribution < -0.4 is 0 Å². The van der Waals surface area contributed by atoms with Crippen molar-refractivity contribution in [2.45, 2.75) is 37.3 Å². The summed E-state index contributed by atoms with van der Waals surface area (Å²) >= 11 is 1.59. The van der Waals surface area contributed by atoms with E-state index in [1.165, 1.54) is 0 Å². The molecule has 1 aliphatic rings. The Hall–Kier alpha value is -0.870. The summed E-state index contributed by atoms with van der Waals surface area (Å²) in [5.74, 6) is 0.341. The molecule has 1 fully saturated rings. The van der Waals surface area contributed by atoms with Crippen LogP contribution in [0.5, 0.6) is 0 Å². The lowest BCUT2D eigenvalue weighted by molar-refractivity contribution is -0.118. The number of nitrogens with zero attached hydrogens (tertiary/aromatic N) is 2. The minimum Gasteiger partial charge on any atom is -0.298 e. The van der Waals surface area contributed by atoms with Crippen LogP contribution in [0, 0.1) is 0 Å². The zero-order valence-corrected chi connectivity index (χ0v) is 10.2. The Labute approximate surface area is 100 Å². The van der Waals surface area contributed by atoms with Gasteiger partial charge in [0.1, 0.15) is 10.8 Å². The first-order valence-electron chi connectivity index (χ1n) is 5.63. The maximum atomic E-state index is 11.6. The van der Waals surface area contributed by atoms with Crippen molar-refractivity contribution in [2.24, 2.45) is 0 Å². The van der Waals surface area contributed by atoms with Gasteiger partial charge in [-0.05, 0) is 43.8 Å². The van der Waals surface area contributed by atoms with Crippen LogP contribution in [0.25, 0.3) is 0 Å². The van der Waals surface area contributed by atoms with E-state index in [1.807, 2.05) is 18.2 Å². The van der Waals surface area contributed by atoms with Crippen molar-refractivity contribution >= 4 is 17.7 Å². The van der Waals surface area contributed by atoms with Gasteiger partial charge in [-0.2, -0.15) is 0 Å². The summed E-state index contributed by atoms with van der Waals surface area (Å²) < 4.78 is 2.15. The molecule has 0 saturated carbocycles. The van der Waals surface area contributed by atoms with E-state index < -0.39 is 0 Å². The van der Waals surface area contributed by atoms with E-state index >= 15 is 0 Å². The number of carbonyl (C=O) groups excluding carboxylic acids is 1. The van der Waals surface area contributed by atoms with E-state index in [0.717, 1.165) is 24.3 Å². The maximum absolute atomic E-state index is 11.6. The Balaban J connectivity index is 2.04. The van der Waals surface area contributed by atoms with Crippen LogP contribution in [0.2, 0.25) is 0 Å². The van der Waals surface area contributed by atoms with Gasteiger partial charge in [0.05, 0.1) is 6.54 Å². The zero-order chi connectivity index (χ0) is 11.4. The molecule has 1 aliphatic heterocycles. The molecule has 86 valence electrons. The van der Waals surface area contributed by atoms with Gasteiger partial charge in [-0.15, -0.1) is 0 Å². The van der Waals surface area contributed by atoms with E-state index in [2.05, 4.69) is 16.2 Å². The molecule has 4 heteroatoms. The van der Waals surface area contributed by atoms with Gasteiger partial charge in [-0.25, -0.2) is 9.29 Å². The lowest BCUT2D eigenvalue weighted by atomic mass is 10.1. The molecule has 2 heterocycles. The molecule has 2 rings (SSSR count). The van der Waals surface area contributed by atoms with Gasteiger partial charge in [0, 0.05) is 18.7 Å². The molecule has 0 spiro atoms. The van der Waals surface area contributed by atoms with Crippen LogP contribution >= 0.6 is 11.9 Å². The van der Waals surface area contributed by atoms with Crippen LogP contribution in [-0.4, -0.2) is 27.7 Å². The highest BCUT2D eigenvalue weighted by atomic mass is 32.2. The summed E-state index contributed by atoms with van der Waals surface area (Å²) in [7, 11) is 0. The zero-order valence-electron chi connectivity index (χ0n) is 9.43. The first-order valence-corrected chi connectivity index (χ1v) is 6.40. The van der Waals surface area contributed by atoms with E-state index in [4.69, 9.17) is 0 Å². The molecule has 0 aromatic carbocycles. The van der Waals surface area contributed by atoms with Gasteiger partial charge in [0.2, 0.25) is 0 Å². The minimum atomic E-state index is 0.341. The molecular weight excluding hydrogens is 220 g/mol. The third-order valence-electron chi connectivity index (χ3n) is 2.75. The van der Waals surface area contributed by atoms with Crippen molar-refractivity contribution in [3.8, 4) is 0 Å². The van der Waals surface area contributed by atoms with Gasteiger partial charge < -0.3 is 0 Å². The lowest BCUT2D eigenvalue weighted by Gasteiger charge is -2.23. The molecule has 3 nitrogen and oxygen atoms in total. The second-order valence-electron chi connectivity index (χ2n) is 4.11. The number of rotatable bonds is 2. The van der Waals surface area contributed by atoms with Crippen LogP contribution in [0.3, 0.4) is 0 Å². The third-order valence-corrected chi connectivity index (χ3v) is 3.90. The van der Waals surface area contributed by atoms with E-state index in [-0.39, 0.29) is 0 Å². The summed E-state index contributed by atoms with van der Waals surface area (Å²) in [5.41, 5.74) is 0. The highest BCUT2D eigenvalue weighted by Crippen LogP contribution is 2.26. The number of ketones is 1. The van der Waals surface area contributed by atoms with Crippen LogP contribution in [0.1, 0.15) is 26.2 Å². The molecule has 1 aromatic rings. The number of pyridine rings is 1. The third kappa shape index (κ3) is 3.06. The molecule has 0 amide bonds. The van der Waals surface area contributed by atoms with E-state index in [1.54, 1.807) is 18.1 Å². The fourth-order valence-corrected chi connectivity index (χ4v) is 2.77. The molecule has 1 aromatic heterocycles. The van der Waals surface area contributed by atoms with Crippen molar-refractivity contribution < 1.29 is 4.79 Å². The van der Waals surface area contributed by atoms with Gasteiger partial charge >= 0.3 is 0 Å². The van der Waals surface area contributed by atoms with Gasteiger partial charge in [0.15, 0.2) is 0 Å². The molecule has 1 saturated heterocycles. The van der Waals surface area contributed by atoms with Crippen LogP contribution in [0.15, 0.2) is 29.4 Å². The molecule has 0 aliphatic carbocycles. The number of carbonyl (C=O) groups is 1. The predicted octanol–water partition coefficient (Wildman–Crippen LogP) is 2.53. The Morgan fingerprint density at radius 2 is 2.38 bits per heavy atom. The summed E-state index contributed by atoms with van der Waals surface area (Å²) in [4.78, 5) is 15.8. The summed E-state index contributed by atoms with van der Waals surface area (Å²) in [6.07, 6.45) is 4.61. The second-order valence-corrected chi connectivity index (χ2v) is 5.18. The molecule has 0 unspecified atom stereocenters. The Kier molecular flexibility index (Phi) is 3.96. The predicted molar refractivity (Wildman–Crippen MR) is 65.1 cm³/mol. The average Bonchev–Trinajstić information content (AvgIpc) is 2.43. The monoisotopic (exact) mass is 236 g/mol. The van der Waals surface area contributed by atoms with Crippen molar-refractivity contribution in [1.82, 2.24) is 9.29 Å². The van der Waals surface area contributed by atoms with Crippen molar-refractivity contribution in [1.29, 1.82) is 0 Å². The Bertz CT molecular complexity index is 355. The minimum absolute atomic E-state index is 0.341. The highest BCUT2D eigenvalue weighted by molar-refractivity contribution is 7.97. The first-order chi connectivity index (χ1) is 7.75. The number of aromatic nitrogens is 1. The molecule has 1 atom stereocenters. The van der Waals surface area contributed by atoms with Gasteiger partial charge in [-0.3, -0.25) is 4.79 Å². The summed E-state index contributed by atoms with van der Waals surface area (Å²) in [5, 5.41) is 0.962. The Morgan fingerprint density at radius 3 is 3.12 bits per heavy atom. The molecule has 0 N–H and O–H groups in total. The Morgan fingerprint density at radius 1 is 1.50 bits per heavy atom. The number of Topliss-reactive ketones (excluding diaryl/α,β-unsaturated/α-hetero) is 1. The largest absolute Gasteiger partial charge is 0.298 e. The molecule has 0 radical (unpaired) electrons. The van der Waals surface area contributed by atoms with Crippen molar-refractivity contribution in [3.05, 3.63) is 24.4 Å². The highest BCUT2D eigenvalue weighted by Gasteiger charge is 2.22. The van der Waals surface area contributed by atoms with Crippen LogP contribution in [0.4, 0.5) is 0 Å². The average molecular weight is 236 g/mol. The van der Waals surface area contributed by atoms with Gasteiger partial charge in [-0.1, -0.05) is 6.07 Å². The normalized spacial score (nSPS) is 23.1. The maximum Gasteiger partial charge on any atom is 0.147 e. The smallest absolute Gasteiger partial charge is 0.147 e. The van der Waals surface area contributed by atoms with Gasteiger partial charge in [0.25, 0.3) is 0 Å². The molecule has 16 heavy (non-hydrogen) atoms. The van der Waals surface area contributed by atoms with Crippen molar-refractivity contribution in [2.75, 3.05) is 6.54 Å². The standard InChI is InChI=1S/C12H16N2OS/c1-10-5-4-6-11(15)9-14(10)16-12-7-2-3-8-13-12/h2-3,7-8,10H,4-6,9H2,1H3/t10-/m1/s1. The number of hydrogen-bond donors (Lipinski definition) is 0. The van der Waals surface area contributed by atoms with Crippen molar-refractivity contribution in [3.63, 3.8) is 0 Å². The topological polar surface area (TPSA) is 33.2 Å². The molecular formula is C12H16N2OS. The van der Waals surface area contributed by atoms with E-state index in [9.17, 15) is 4.79 Å². The first kappa shape index (κ1) is 11.6. The summed E-state index contributed by atoms with van der Waals surface area (Å²) in [6, 6.07) is 6.30. The lowest BCUT2D eigenvalue weighted by Crippen LogP contribution is -2.29. The quantitative estimate of drug-likeness (QED) is 0.739. The number of hydrogen-bond acceptors (Lipinski definition) is 4. The molecule has 0 bridgehead atoms. The second kappa shape index (κ2) is 5.46. The van der Waals surface area contributed by atoms with E-state index in [0.29, 0.717) is 18.4 Å². The van der Waals surface area contributed by atoms with Crippen LogP contribution in [-0.2, 0) is 4.79 Å². The summed E-state index contributed by atoms with van der Waals surface area (Å²) in [6.45, 7) is 2.72. The fraction of sp³-hybridized carbons (Fsp3) is 0.500. The SMILES string of the molecule is C[C@@H]1CCCC(=O)CN1Sc1ccccn1. The fourth-order valence-electron chi connectivity index (χ4n) is 1.79.